The molecule has 0 aromatic heterocycles. The molecule has 4 rings (SSSR count). The topological polar surface area (TPSA) is 0 Å². The van der Waals surface area contributed by atoms with Gasteiger partial charge in [-0.15, -0.1) is 68.1 Å². The summed E-state index contributed by atoms with van der Waals surface area (Å²) in [5, 5.41) is 5.85. The molecule has 0 bridgehead atoms. The molecule has 0 heterocycles. The van der Waals surface area contributed by atoms with Gasteiger partial charge < -0.3 is 0 Å². The fourth-order valence-electron chi connectivity index (χ4n) is 4.49. The molecule has 33 heavy (non-hydrogen) atoms. The van der Waals surface area contributed by atoms with E-state index in [1.807, 2.05) is 0 Å². The third-order valence-corrected chi connectivity index (χ3v) is 9.77. The molecular formula is C31H41HfSi. The summed E-state index contributed by atoms with van der Waals surface area (Å²) in [6.07, 6.45) is 7.20. The fourth-order valence-corrected chi connectivity index (χ4v) is 7.43. The number of hydrogen-bond acceptors (Lipinski definition) is 0. The Hall–Kier alpha value is -1.25. The average molecular weight is 620 g/mol. The van der Waals surface area contributed by atoms with E-state index >= 15 is 0 Å². The third kappa shape index (κ3) is 7.36. The van der Waals surface area contributed by atoms with Crippen LogP contribution in [0.25, 0.3) is 21.5 Å². The molecule has 0 unspecified atom stereocenters. The minimum absolute atomic E-state index is 1.13. The fraction of sp³-hybridized carbons (Fsp3) is 0.419. The van der Waals surface area contributed by atoms with Crippen molar-refractivity contribution in [3.63, 3.8) is 0 Å². The van der Waals surface area contributed by atoms with Crippen LogP contribution in [0.4, 0.5) is 0 Å². The van der Waals surface area contributed by atoms with E-state index in [9.17, 15) is 0 Å². The Bertz CT molecular complexity index is 989. The van der Waals surface area contributed by atoms with Gasteiger partial charge in [-0.25, -0.2) is 0 Å². The number of aryl methyl sites for hydroxylation is 6. The van der Waals surface area contributed by atoms with Crippen molar-refractivity contribution in [1.82, 2.24) is 0 Å². The maximum Gasteiger partial charge on any atom is -0.0397 e. The Kier molecular flexibility index (Phi) is 12.1. The Morgan fingerprint density at radius 1 is 0.636 bits per heavy atom. The largest absolute Gasteiger partial charge is 0.165 e. The first-order valence-electron chi connectivity index (χ1n) is 12.7. The molecule has 1 radical (unpaired) electrons. The van der Waals surface area contributed by atoms with Gasteiger partial charge in [0.05, 0.1) is 0 Å². The number of fused-ring (bicyclic) bond motifs is 2. The van der Waals surface area contributed by atoms with Crippen molar-refractivity contribution in [2.45, 2.75) is 86.6 Å². The standard InChI is InChI=1S/2C14H17.C3H7Si.Hf/c2*1-4-11-6-7-12(5-2)14-9-10(3)8-13(11)14;1-2-3-4;/h2*6-9H,4-5H2,1-3H3;2-3H2,1H3;/q2*-1;;+2. The van der Waals surface area contributed by atoms with Gasteiger partial charge in [0.1, 0.15) is 0 Å². The van der Waals surface area contributed by atoms with Gasteiger partial charge in [0.15, 0.2) is 0 Å². The summed E-state index contributed by atoms with van der Waals surface area (Å²) in [6.45, 7) is 15.5. The monoisotopic (exact) mass is 621 g/mol. The summed E-state index contributed by atoms with van der Waals surface area (Å²) in [7, 11) is 0. The quantitative estimate of drug-likeness (QED) is 0.149. The first-order chi connectivity index (χ1) is 15.9. The van der Waals surface area contributed by atoms with Crippen LogP contribution in [0.1, 0.15) is 74.4 Å². The van der Waals surface area contributed by atoms with E-state index in [4.69, 9.17) is 0 Å². The first kappa shape index (κ1) is 28.0. The molecule has 0 fully saturated rings. The maximum absolute atomic E-state index is 2.31. The summed E-state index contributed by atoms with van der Waals surface area (Å²) in [5.74, 6) is 0. The summed E-state index contributed by atoms with van der Waals surface area (Å²) < 4.78 is 0. The molecule has 0 saturated carbocycles. The second-order valence-corrected chi connectivity index (χ2v) is 13.5. The predicted molar refractivity (Wildman–Crippen MR) is 147 cm³/mol. The molecule has 0 N–H and O–H groups in total. The predicted octanol–water partition coefficient (Wildman–Crippen LogP) is 8.96. The van der Waals surface area contributed by atoms with Crippen LogP contribution < -0.4 is 0 Å². The molecule has 0 nitrogen and oxygen atoms in total. The van der Waals surface area contributed by atoms with Gasteiger partial charge in [-0.2, -0.15) is 12.1 Å². The number of hydrogen-bond donors (Lipinski definition) is 0. The SMILES string of the molecule is CCC[Si]=[Hf+2].CCc1ccc(CC)c2[cH-]c(C)cc12.CCc1ccc(CC)c2[cH-]c(C)cc12. The van der Waals surface area contributed by atoms with Crippen molar-refractivity contribution in [3.05, 3.63) is 81.9 Å². The van der Waals surface area contributed by atoms with E-state index in [1.165, 1.54) is 96.6 Å². The summed E-state index contributed by atoms with van der Waals surface area (Å²) in [6, 6.07) is 19.8. The molecule has 0 aliphatic rings. The Morgan fingerprint density at radius 3 is 1.27 bits per heavy atom. The van der Waals surface area contributed by atoms with Crippen LogP contribution in [-0.4, -0.2) is 6.22 Å². The zero-order valence-electron chi connectivity index (χ0n) is 21.9. The molecule has 173 valence electrons. The van der Waals surface area contributed by atoms with E-state index in [1.54, 1.807) is 0 Å². The zero-order chi connectivity index (χ0) is 24.4. The van der Waals surface area contributed by atoms with Crippen LogP contribution in [0, 0.1) is 13.8 Å². The second kappa shape index (κ2) is 14.2. The van der Waals surface area contributed by atoms with Crippen LogP contribution >= 0.6 is 0 Å². The van der Waals surface area contributed by atoms with Crippen molar-refractivity contribution in [1.29, 1.82) is 0 Å². The van der Waals surface area contributed by atoms with Crippen LogP contribution in [-0.2, 0) is 48.7 Å². The molecule has 0 amide bonds. The molecule has 0 saturated heterocycles. The summed E-state index contributed by atoms with van der Waals surface area (Å²) in [5.41, 5.74) is 8.68. The van der Waals surface area contributed by atoms with Gasteiger partial charge in [0.25, 0.3) is 0 Å². The molecule has 0 aliphatic carbocycles. The Morgan fingerprint density at radius 2 is 1.00 bits per heavy atom. The van der Waals surface area contributed by atoms with Crippen LogP contribution in [0.3, 0.4) is 0 Å². The number of rotatable bonds is 6. The minimum atomic E-state index is 1.13. The van der Waals surface area contributed by atoms with Crippen molar-refractivity contribution in [3.8, 4) is 0 Å². The maximum atomic E-state index is 2.31. The second-order valence-electron chi connectivity index (χ2n) is 8.83. The molecule has 4 aromatic carbocycles. The van der Waals surface area contributed by atoms with Crippen LogP contribution in [0.15, 0.2) is 48.5 Å². The van der Waals surface area contributed by atoms with Gasteiger partial charge in [0, 0.05) is 0 Å². The summed E-state index contributed by atoms with van der Waals surface area (Å²) in [4.78, 5) is 0. The Balaban J connectivity index is 0.000000195. The van der Waals surface area contributed by atoms with Crippen LogP contribution in [0.5, 0.6) is 0 Å². The van der Waals surface area contributed by atoms with Gasteiger partial charge in [0.2, 0.25) is 0 Å². The van der Waals surface area contributed by atoms with Crippen molar-refractivity contribution >= 4 is 27.8 Å². The van der Waals surface area contributed by atoms with Crippen molar-refractivity contribution in [2.75, 3.05) is 0 Å². The van der Waals surface area contributed by atoms with Crippen molar-refractivity contribution < 1.29 is 23.0 Å². The van der Waals surface area contributed by atoms with Gasteiger partial charge in [-0.05, 0) is 12.8 Å². The van der Waals surface area contributed by atoms with Crippen LogP contribution in [0.2, 0.25) is 6.04 Å². The first-order valence-corrected chi connectivity index (χ1v) is 19.3. The van der Waals surface area contributed by atoms with Crippen molar-refractivity contribution in [2.24, 2.45) is 0 Å². The third-order valence-electron chi connectivity index (χ3n) is 6.32. The Labute approximate surface area is 218 Å². The smallest absolute Gasteiger partial charge is 0.0397 e. The van der Waals surface area contributed by atoms with Gasteiger partial charge >= 0.3 is 48.6 Å². The molecule has 4 aromatic rings. The summed E-state index contributed by atoms with van der Waals surface area (Å²) >= 11 is 1.43. The van der Waals surface area contributed by atoms with E-state index in [0.717, 1.165) is 25.7 Å². The van der Waals surface area contributed by atoms with E-state index < -0.39 is 0 Å². The normalized spacial score (nSPS) is 10.6. The van der Waals surface area contributed by atoms with E-state index in [0.29, 0.717) is 0 Å². The minimum Gasteiger partial charge on any atom is -0.165 e. The molecule has 0 aliphatic heterocycles. The van der Waals surface area contributed by atoms with E-state index in [2.05, 4.69) is 97.0 Å². The molecule has 0 atom stereocenters. The average Bonchev–Trinajstić information content (AvgIpc) is 3.41. The molecular weight excluding hydrogens is 579 g/mol. The molecule has 0 spiro atoms. The number of benzene rings is 2. The molecule has 2 heteroatoms. The van der Waals surface area contributed by atoms with Gasteiger partial charge in [-0.1, -0.05) is 77.6 Å². The van der Waals surface area contributed by atoms with Gasteiger partial charge in [-0.3, -0.25) is 0 Å². The van der Waals surface area contributed by atoms with E-state index in [-0.39, 0.29) is 0 Å². The zero-order valence-corrected chi connectivity index (χ0v) is 26.5.